The molecule has 12 aromatic rings. The molecule has 0 saturated heterocycles. The zero-order chi connectivity index (χ0) is 90.6. The van der Waals surface area contributed by atoms with Gasteiger partial charge in [-0.25, -0.2) is 30.0 Å². The second-order valence-electron chi connectivity index (χ2n) is 32.2. The molecule has 14 heteroatoms. The molecule has 0 bridgehead atoms. The van der Waals surface area contributed by atoms with E-state index in [2.05, 4.69) is 333 Å². The van der Waals surface area contributed by atoms with Crippen molar-refractivity contribution in [2.24, 2.45) is 30.0 Å². The summed E-state index contributed by atoms with van der Waals surface area (Å²) in [7, 11) is 1.25. The molecule has 3 aliphatic carbocycles. The summed E-state index contributed by atoms with van der Waals surface area (Å²) < 4.78 is 0. The van der Waals surface area contributed by atoms with E-state index in [-0.39, 0.29) is 39.6 Å². The van der Waals surface area contributed by atoms with E-state index in [1.807, 2.05) is 36.5 Å². The van der Waals surface area contributed by atoms with Crippen LogP contribution in [0.4, 0.5) is 34.1 Å². The molecule has 12 aromatic carbocycles. The van der Waals surface area contributed by atoms with Crippen LogP contribution in [0.3, 0.4) is 0 Å². The molecule has 0 aliphatic heterocycles. The van der Waals surface area contributed by atoms with E-state index in [0.717, 1.165) is 140 Å². The predicted molar refractivity (Wildman–Crippen MR) is 540 cm³/mol. The molecule has 10 nitrogen and oxygen atoms in total. The van der Waals surface area contributed by atoms with E-state index in [1.54, 1.807) is 0 Å². The summed E-state index contributed by atoms with van der Waals surface area (Å²) >= 11 is 6.00. The van der Waals surface area contributed by atoms with Gasteiger partial charge in [-0.1, -0.05) is 218 Å². The van der Waals surface area contributed by atoms with Crippen molar-refractivity contribution in [3.8, 4) is 0 Å². The van der Waals surface area contributed by atoms with Crippen LogP contribution in [0, 0.1) is 83.1 Å². The number of aryl methyl sites for hydroxylation is 12. The number of hydrogen-bond donors (Lipinski definition) is 2. The topological polar surface area (TPSA) is 149 Å². The standard InChI is InChI=1S/3C34H32N2.2C5H8O2.2BrH.2Ni/c3*1-7-11-25-17-21(3)31(22(4)18-25)35-33-28-15-9-13-27-14-10-16-29(30(27)28)34(33)36-32-23(5)19-26(12-8-2)20-24(32)6;2*1-4(6)3-5(2)7;;;;/h3*7-10,13-20H,1-2,11-12H2,3-6H3;2*3,6H,1-2H3;2*1H;;/q;;;;;;;;+2/p-2. The Kier molecular flexibility index (Phi) is 35.3. The molecule has 0 radical (unpaired) electrons. The summed E-state index contributed by atoms with van der Waals surface area (Å²) in [6.45, 7) is 54.8. The summed E-state index contributed by atoms with van der Waals surface area (Å²) in [5.74, 6) is -0.125. The summed E-state index contributed by atoms with van der Waals surface area (Å²) in [6.07, 6.45) is 19.2. The fraction of sp³-hybridized carbons (Fsp3) is 0.196. The minimum atomic E-state index is -0.125. The van der Waals surface area contributed by atoms with E-state index in [1.165, 1.54) is 183 Å². The van der Waals surface area contributed by atoms with Crippen LogP contribution in [-0.4, -0.2) is 56.0 Å². The van der Waals surface area contributed by atoms with Gasteiger partial charge in [0.25, 0.3) is 0 Å². The SMILES string of the molecule is C=CCc1cc(C)c(N=C2C(=Nc3c(C)cc(CC=C)cc3C)c3cccc4cccc2c34)c(C)c1.C=CCc1cc(C)c(N=C2C(=Nc3c(C)cc(CC=C)cc3C)c3cccc4cccc2c34)c(C)c1.C=CCc1cc(C)c(N=C2C(=Nc3c(C)cc(CC=C)cc3C)c3cccc4cccc2c34)c(C)c1.CC(=O)C=C(C)O.CC(=O)C=C(C)O.[Br][Ni][Br].[Ni]. The third-order valence-corrected chi connectivity index (χ3v) is 21.7. The molecule has 15 rings (SSSR count). The summed E-state index contributed by atoms with van der Waals surface area (Å²) in [6, 6.07) is 65.5. The predicted octanol–water partition coefficient (Wildman–Crippen LogP) is 30.1. The number of aliphatic hydroxyl groups excluding tert-OH is 2. The zero-order valence-electron chi connectivity index (χ0n) is 75.2. The Morgan fingerprint density at radius 1 is 0.286 bits per heavy atom. The van der Waals surface area contributed by atoms with Crippen LogP contribution in [-0.2, 0) is 75.5 Å². The number of hydrogen-bond acceptors (Lipinski definition) is 10. The van der Waals surface area contributed by atoms with E-state index in [9.17, 15) is 9.59 Å². The smallest absolute Gasteiger partial charge is 0 e. The molecule has 0 atom stereocenters. The summed E-state index contributed by atoms with van der Waals surface area (Å²) in [5, 5.41) is 24.1. The quantitative estimate of drug-likeness (QED) is 0.0338. The Balaban J connectivity index is 0.000000194. The van der Waals surface area contributed by atoms with Crippen LogP contribution in [0.2, 0.25) is 0 Å². The number of aliphatic imine (C=N–C) groups is 6. The van der Waals surface area contributed by atoms with Crippen LogP contribution in [0.25, 0.3) is 32.3 Å². The van der Waals surface area contributed by atoms with Gasteiger partial charge in [-0.3, -0.25) is 9.59 Å². The van der Waals surface area contributed by atoms with Crippen LogP contribution in [0.1, 0.15) is 161 Å². The Bertz CT molecular complexity index is 5460. The number of carbonyl (C=O) groups excluding carboxylic acids is 2. The number of rotatable bonds is 20. The first-order valence-electron chi connectivity index (χ1n) is 41.8. The monoisotopic (exact) mass is 1880 g/mol. The molecule has 0 heterocycles. The molecule has 0 saturated carbocycles. The average Bonchev–Trinajstić information content (AvgIpc) is 1.62. The molecule has 0 unspecified atom stereocenters. The van der Waals surface area contributed by atoms with Gasteiger partial charge in [0, 0.05) is 78.2 Å². The van der Waals surface area contributed by atoms with Gasteiger partial charge in [-0.05, 0) is 266 Å². The Hall–Kier alpha value is -11.8. The maximum Gasteiger partial charge on any atom is 0 e. The first-order valence-corrected chi connectivity index (χ1v) is 46.7. The number of benzene rings is 12. The van der Waals surface area contributed by atoms with Crippen LogP contribution in [0.15, 0.2) is 312 Å². The van der Waals surface area contributed by atoms with E-state index < -0.39 is 0 Å². The Morgan fingerprint density at radius 3 is 0.524 bits per heavy atom. The largest absolute Gasteiger partial charge is 0 e. The van der Waals surface area contributed by atoms with Crippen molar-refractivity contribution >= 4 is 141 Å². The number of aliphatic hydroxyl groups is 2. The van der Waals surface area contributed by atoms with Crippen molar-refractivity contribution in [1.82, 2.24) is 0 Å². The van der Waals surface area contributed by atoms with Gasteiger partial charge in [0.2, 0.25) is 0 Å². The second-order valence-corrected chi connectivity index (χ2v) is 37.1. The van der Waals surface area contributed by atoms with Gasteiger partial charge in [0.05, 0.1) is 79.9 Å². The number of ketones is 2. The molecule has 648 valence electrons. The van der Waals surface area contributed by atoms with Gasteiger partial charge in [-0.2, -0.15) is 0 Å². The van der Waals surface area contributed by atoms with Crippen molar-refractivity contribution in [2.75, 3.05) is 0 Å². The number of nitrogens with zero attached hydrogens (tertiary/aromatic N) is 6. The number of carbonyl (C=O) groups is 2. The Labute approximate surface area is 776 Å². The molecule has 126 heavy (non-hydrogen) atoms. The van der Waals surface area contributed by atoms with Crippen molar-refractivity contribution in [3.05, 3.63) is 415 Å². The van der Waals surface area contributed by atoms with Crippen LogP contribution >= 0.6 is 28.5 Å². The van der Waals surface area contributed by atoms with Crippen molar-refractivity contribution < 1.29 is 47.2 Å². The van der Waals surface area contributed by atoms with Gasteiger partial charge >= 0.3 is 39.3 Å². The van der Waals surface area contributed by atoms with E-state index in [0.29, 0.717) is 0 Å². The van der Waals surface area contributed by atoms with Gasteiger partial charge < -0.3 is 10.2 Å². The Morgan fingerprint density at radius 2 is 0.421 bits per heavy atom. The zero-order valence-corrected chi connectivity index (χ0v) is 80.4. The van der Waals surface area contributed by atoms with Crippen LogP contribution < -0.4 is 0 Å². The number of allylic oxidation sites excluding steroid dienone is 10. The summed E-state index contributed by atoms with van der Waals surface area (Å²) in [4.78, 5) is 52.0. The first-order chi connectivity index (χ1) is 59.9. The molecule has 0 aromatic heterocycles. The first kappa shape index (κ1) is 98.0. The van der Waals surface area contributed by atoms with E-state index >= 15 is 0 Å². The normalized spacial score (nSPS) is 14.0. The molecule has 0 amide bonds. The third-order valence-electron chi connectivity index (χ3n) is 21.7. The fourth-order valence-corrected chi connectivity index (χ4v) is 16.9. The van der Waals surface area contributed by atoms with Gasteiger partial charge in [0.15, 0.2) is 11.6 Å². The molecular formula is C112H112Br2N6Ni2O4. The fourth-order valence-electron chi connectivity index (χ4n) is 16.9. The maximum absolute atomic E-state index is 10.0. The second kappa shape index (κ2) is 45.4. The minimum Gasteiger partial charge on any atom is 0 e. The molecule has 0 fully saturated rings. The van der Waals surface area contributed by atoms with Gasteiger partial charge in [-0.15, -0.1) is 39.5 Å². The van der Waals surface area contributed by atoms with Crippen LogP contribution in [0.5, 0.6) is 0 Å². The average molecular weight is 1880 g/mol. The van der Waals surface area contributed by atoms with E-state index in [4.69, 9.17) is 40.2 Å². The van der Waals surface area contributed by atoms with Crippen molar-refractivity contribution in [3.63, 3.8) is 0 Å². The maximum atomic E-state index is 10.0. The van der Waals surface area contributed by atoms with Gasteiger partial charge in [0.1, 0.15) is 0 Å². The molecule has 3 aliphatic rings. The molecular weight excluding hydrogens is 1770 g/mol. The number of halogens is 2. The van der Waals surface area contributed by atoms with Crippen molar-refractivity contribution in [1.29, 1.82) is 0 Å². The molecule has 2 N–H and O–H groups in total. The minimum absolute atomic E-state index is 0. The third kappa shape index (κ3) is 23.7. The molecule has 0 spiro atoms. The van der Waals surface area contributed by atoms with Crippen molar-refractivity contribution in [2.45, 2.75) is 149 Å². The summed E-state index contributed by atoms with van der Waals surface area (Å²) in [5.41, 5.74) is 40.3.